The minimum absolute atomic E-state index is 0.0775. The Kier molecular flexibility index (Phi) is 7.57. The van der Waals surface area contributed by atoms with E-state index in [0.29, 0.717) is 6.42 Å². The van der Waals surface area contributed by atoms with Gasteiger partial charge < -0.3 is 16.2 Å². The summed E-state index contributed by atoms with van der Waals surface area (Å²) >= 11 is 0. The number of carbonyl (C=O) groups is 3. The van der Waals surface area contributed by atoms with E-state index in [-0.39, 0.29) is 24.8 Å². The largest absolute Gasteiger partial charge is 0.481 e. The number of rotatable bonds is 8. The molecule has 0 aromatic heterocycles. The van der Waals surface area contributed by atoms with Gasteiger partial charge in [-0.05, 0) is 25.3 Å². The van der Waals surface area contributed by atoms with Crippen LogP contribution in [0.15, 0.2) is 0 Å². The molecule has 0 aliphatic heterocycles. The molecule has 2 unspecified atom stereocenters. The summed E-state index contributed by atoms with van der Waals surface area (Å²) in [7, 11) is 0. The minimum atomic E-state index is -1.19. The Morgan fingerprint density at radius 1 is 1.19 bits per heavy atom. The van der Waals surface area contributed by atoms with Crippen LogP contribution in [0.3, 0.4) is 0 Å². The van der Waals surface area contributed by atoms with Gasteiger partial charge in [-0.3, -0.25) is 14.4 Å². The number of aliphatic carboxylic acids is 1. The van der Waals surface area contributed by atoms with Gasteiger partial charge in [0, 0.05) is 5.41 Å². The van der Waals surface area contributed by atoms with E-state index in [1.807, 2.05) is 13.8 Å². The van der Waals surface area contributed by atoms with Crippen molar-refractivity contribution in [1.82, 2.24) is 5.32 Å². The van der Waals surface area contributed by atoms with Crippen molar-refractivity contribution in [2.75, 3.05) is 6.54 Å². The molecule has 0 fully saturated rings. The van der Waals surface area contributed by atoms with Crippen molar-refractivity contribution in [1.29, 1.82) is 0 Å². The number of Topliss-reactive ketones (excluding diaryl/α,β-unsaturated/α-hetero) is 1. The molecule has 0 radical (unpaired) electrons. The molecule has 6 nitrogen and oxygen atoms in total. The van der Waals surface area contributed by atoms with Gasteiger partial charge in [-0.1, -0.05) is 34.6 Å². The van der Waals surface area contributed by atoms with E-state index in [0.717, 1.165) is 0 Å². The number of nitrogens with one attached hydrogen (secondary N) is 1. The van der Waals surface area contributed by atoms with Gasteiger partial charge in [-0.2, -0.15) is 0 Å². The Bertz CT molecular complexity index is 386. The Balaban J connectivity index is 5.17. The highest BCUT2D eigenvalue weighted by Gasteiger charge is 2.34. The predicted molar refractivity (Wildman–Crippen MR) is 80.6 cm³/mol. The van der Waals surface area contributed by atoms with Gasteiger partial charge in [-0.25, -0.2) is 0 Å². The summed E-state index contributed by atoms with van der Waals surface area (Å²) in [5, 5.41) is 11.9. The molecule has 0 aliphatic carbocycles. The van der Waals surface area contributed by atoms with Crippen LogP contribution in [-0.2, 0) is 14.4 Å². The molecule has 122 valence electrons. The number of carboxylic acid groups (broad SMARTS) is 1. The topological polar surface area (TPSA) is 109 Å². The summed E-state index contributed by atoms with van der Waals surface area (Å²) in [6, 6.07) is -0.788. The lowest BCUT2D eigenvalue weighted by atomic mass is 9.88. The second-order valence-electron chi connectivity index (χ2n) is 6.78. The quantitative estimate of drug-likeness (QED) is 0.583. The first-order chi connectivity index (χ1) is 9.50. The smallest absolute Gasteiger partial charge is 0.314 e. The maximum Gasteiger partial charge on any atom is 0.314 e. The molecule has 0 saturated heterocycles. The maximum atomic E-state index is 12.4. The van der Waals surface area contributed by atoms with Crippen LogP contribution in [0.2, 0.25) is 0 Å². The first-order valence-electron chi connectivity index (χ1n) is 7.28. The second kappa shape index (κ2) is 8.12. The fraction of sp³-hybridized carbons (Fsp3) is 0.800. The van der Waals surface area contributed by atoms with Crippen LogP contribution in [0, 0.1) is 17.3 Å². The van der Waals surface area contributed by atoms with Crippen LogP contribution < -0.4 is 11.1 Å². The minimum Gasteiger partial charge on any atom is -0.481 e. The third-order valence-electron chi connectivity index (χ3n) is 3.13. The number of amides is 1. The first kappa shape index (κ1) is 19.6. The summed E-state index contributed by atoms with van der Waals surface area (Å²) in [6.45, 7) is 9.18. The first-order valence-corrected chi connectivity index (χ1v) is 7.28. The highest BCUT2D eigenvalue weighted by molar-refractivity contribution is 6.02. The monoisotopic (exact) mass is 300 g/mol. The molecule has 6 heteroatoms. The molecule has 1 amide bonds. The van der Waals surface area contributed by atoms with Crippen molar-refractivity contribution in [3.8, 4) is 0 Å². The second-order valence-corrected chi connectivity index (χ2v) is 6.78. The molecule has 0 rings (SSSR count). The fourth-order valence-electron chi connectivity index (χ4n) is 1.89. The molecule has 0 spiro atoms. The number of hydrogen-bond donors (Lipinski definition) is 3. The van der Waals surface area contributed by atoms with Crippen LogP contribution in [0.5, 0.6) is 0 Å². The van der Waals surface area contributed by atoms with Crippen molar-refractivity contribution in [3.63, 3.8) is 0 Å². The van der Waals surface area contributed by atoms with Gasteiger partial charge in [0.1, 0.15) is 5.92 Å². The van der Waals surface area contributed by atoms with E-state index in [4.69, 9.17) is 10.8 Å². The zero-order chi connectivity index (χ0) is 16.8. The van der Waals surface area contributed by atoms with E-state index in [2.05, 4.69) is 5.32 Å². The molecule has 4 N–H and O–H groups in total. The van der Waals surface area contributed by atoms with Crippen LogP contribution in [0.25, 0.3) is 0 Å². The van der Waals surface area contributed by atoms with Crippen molar-refractivity contribution >= 4 is 17.7 Å². The summed E-state index contributed by atoms with van der Waals surface area (Å²) in [5.74, 6) is -2.94. The molecule has 0 aromatic carbocycles. The molecule has 2 atom stereocenters. The molecule has 0 aromatic rings. The summed E-state index contributed by atoms with van der Waals surface area (Å²) in [6.07, 6.45) is 0.489. The molecule has 0 saturated carbocycles. The number of carboxylic acids is 1. The number of nitrogens with two attached hydrogens (primary N) is 1. The van der Waals surface area contributed by atoms with Crippen LogP contribution >= 0.6 is 0 Å². The van der Waals surface area contributed by atoms with Gasteiger partial charge in [-0.15, -0.1) is 0 Å². The van der Waals surface area contributed by atoms with Crippen molar-refractivity contribution in [2.45, 2.75) is 53.5 Å². The highest BCUT2D eigenvalue weighted by Crippen LogP contribution is 2.17. The van der Waals surface area contributed by atoms with Crippen molar-refractivity contribution < 1.29 is 19.5 Å². The molecule has 0 heterocycles. The third-order valence-corrected chi connectivity index (χ3v) is 3.13. The van der Waals surface area contributed by atoms with Crippen LogP contribution in [0.4, 0.5) is 0 Å². The Morgan fingerprint density at radius 3 is 2.05 bits per heavy atom. The van der Waals surface area contributed by atoms with Gasteiger partial charge >= 0.3 is 5.97 Å². The third kappa shape index (κ3) is 6.71. The van der Waals surface area contributed by atoms with Gasteiger partial charge in [0.15, 0.2) is 5.78 Å². The van der Waals surface area contributed by atoms with Crippen LogP contribution in [-0.4, -0.2) is 35.4 Å². The standard InChI is InChI=1S/C15H28N2O4/c1-9(2)8-11(17-14(21)15(3,4)5)12(18)10(6-7-16)13(19)20/h9-11H,6-8,16H2,1-5H3,(H,17,21)(H,19,20). The normalized spacial score (nSPS) is 14.6. The lowest BCUT2D eigenvalue weighted by molar-refractivity contribution is -0.148. The van der Waals surface area contributed by atoms with Gasteiger partial charge in [0.25, 0.3) is 0 Å². The van der Waals surface area contributed by atoms with E-state index < -0.39 is 29.1 Å². The number of hydrogen-bond acceptors (Lipinski definition) is 4. The Morgan fingerprint density at radius 2 is 1.71 bits per heavy atom. The summed E-state index contributed by atoms with van der Waals surface area (Å²) in [4.78, 5) is 35.7. The SMILES string of the molecule is CC(C)CC(NC(=O)C(C)(C)C)C(=O)C(CCN)C(=O)O. The summed E-state index contributed by atoms with van der Waals surface area (Å²) in [5.41, 5.74) is 4.74. The predicted octanol–water partition coefficient (Wildman–Crippen LogP) is 1.18. The number of carbonyl (C=O) groups excluding carboxylic acids is 2. The van der Waals surface area contributed by atoms with Crippen molar-refractivity contribution in [3.05, 3.63) is 0 Å². The van der Waals surface area contributed by atoms with Gasteiger partial charge in [0.2, 0.25) is 5.91 Å². The average molecular weight is 300 g/mol. The zero-order valence-corrected chi connectivity index (χ0v) is 13.6. The average Bonchev–Trinajstić information content (AvgIpc) is 2.32. The molecular weight excluding hydrogens is 272 g/mol. The Hall–Kier alpha value is -1.43. The van der Waals surface area contributed by atoms with Crippen molar-refractivity contribution in [2.24, 2.45) is 23.0 Å². The van der Waals surface area contributed by atoms with E-state index in [9.17, 15) is 14.4 Å². The van der Waals surface area contributed by atoms with E-state index in [1.54, 1.807) is 20.8 Å². The zero-order valence-electron chi connectivity index (χ0n) is 13.6. The fourth-order valence-corrected chi connectivity index (χ4v) is 1.89. The van der Waals surface area contributed by atoms with E-state index in [1.165, 1.54) is 0 Å². The number of ketones is 1. The lowest BCUT2D eigenvalue weighted by Gasteiger charge is -2.26. The lowest BCUT2D eigenvalue weighted by Crippen LogP contribution is -2.49. The Labute approximate surface area is 126 Å². The van der Waals surface area contributed by atoms with Gasteiger partial charge in [0.05, 0.1) is 6.04 Å². The molecule has 21 heavy (non-hydrogen) atoms. The maximum absolute atomic E-state index is 12.4. The molecular formula is C15H28N2O4. The molecule has 0 bridgehead atoms. The molecule has 0 aliphatic rings. The van der Waals surface area contributed by atoms with Crippen LogP contribution in [0.1, 0.15) is 47.5 Å². The summed E-state index contributed by atoms with van der Waals surface area (Å²) < 4.78 is 0. The highest BCUT2D eigenvalue weighted by atomic mass is 16.4. The van der Waals surface area contributed by atoms with E-state index >= 15 is 0 Å².